The van der Waals surface area contributed by atoms with E-state index in [1.807, 2.05) is 0 Å². The third-order valence-electron chi connectivity index (χ3n) is 2.52. The smallest absolute Gasteiger partial charge is 0.257 e. The Kier molecular flexibility index (Phi) is 4.53. The van der Waals surface area contributed by atoms with E-state index in [1.54, 1.807) is 30.3 Å². The third kappa shape index (κ3) is 3.06. The van der Waals surface area contributed by atoms with Gasteiger partial charge in [-0.25, -0.2) is 4.79 Å². The highest BCUT2D eigenvalue weighted by molar-refractivity contribution is 6.40. The van der Waals surface area contributed by atoms with E-state index in [-0.39, 0.29) is 11.3 Å². The minimum absolute atomic E-state index is 0.225. The fourth-order valence-electron chi connectivity index (χ4n) is 1.61. The number of para-hydroxylation sites is 2. The van der Waals surface area contributed by atoms with Crippen LogP contribution in [0.15, 0.2) is 47.5 Å². The molecular formula is C14H8Cl2N2O2. The second kappa shape index (κ2) is 6.35. The number of benzene rings is 2. The van der Waals surface area contributed by atoms with Crippen LogP contribution in [0, 0.1) is 0 Å². The molecule has 4 nitrogen and oxygen atoms in total. The van der Waals surface area contributed by atoms with Crippen LogP contribution in [0.4, 0.5) is 11.4 Å². The minimum atomic E-state index is -0.463. The maximum absolute atomic E-state index is 12.2. The van der Waals surface area contributed by atoms with Gasteiger partial charge in [-0.2, -0.15) is 4.99 Å². The lowest BCUT2D eigenvalue weighted by Crippen LogP contribution is -2.12. The van der Waals surface area contributed by atoms with Crippen molar-refractivity contribution >= 4 is 46.6 Å². The van der Waals surface area contributed by atoms with Crippen molar-refractivity contribution in [2.75, 3.05) is 5.32 Å². The largest absolute Gasteiger partial charge is 0.319 e. The molecule has 0 aliphatic rings. The Morgan fingerprint density at radius 1 is 1.05 bits per heavy atom. The predicted octanol–water partition coefficient (Wildman–Crippen LogP) is 4.21. The highest BCUT2D eigenvalue weighted by Crippen LogP contribution is 2.31. The number of nitrogens with one attached hydrogen (secondary N) is 1. The molecule has 0 aliphatic carbocycles. The van der Waals surface area contributed by atoms with E-state index in [1.165, 1.54) is 18.2 Å². The van der Waals surface area contributed by atoms with E-state index in [9.17, 15) is 9.59 Å². The van der Waals surface area contributed by atoms with Gasteiger partial charge >= 0.3 is 0 Å². The van der Waals surface area contributed by atoms with Crippen LogP contribution in [0.3, 0.4) is 0 Å². The first kappa shape index (κ1) is 14.3. The molecule has 0 saturated carbocycles. The number of nitrogens with zero attached hydrogens (tertiary/aromatic N) is 1. The standard InChI is InChI=1S/C14H8Cl2N2O2/c15-10-5-3-6-11(16)13(10)18-14(20)9-4-1-2-7-12(9)17-8-19/h1-7H,(H,18,20). The van der Waals surface area contributed by atoms with Crippen LogP contribution in [-0.2, 0) is 4.79 Å². The number of carbonyl (C=O) groups excluding carboxylic acids is 2. The van der Waals surface area contributed by atoms with Crippen molar-refractivity contribution in [1.82, 2.24) is 0 Å². The van der Waals surface area contributed by atoms with Crippen LogP contribution < -0.4 is 5.32 Å². The summed E-state index contributed by atoms with van der Waals surface area (Å²) < 4.78 is 0. The lowest BCUT2D eigenvalue weighted by atomic mass is 10.1. The van der Waals surface area contributed by atoms with Crippen molar-refractivity contribution in [3.05, 3.63) is 58.1 Å². The van der Waals surface area contributed by atoms with Gasteiger partial charge in [-0.3, -0.25) is 4.79 Å². The maximum atomic E-state index is 12.2. The van der Waals surface area contributed by atoms with Gasteiger partial charge in [0, 0.05) is 0 Å². The Balaban J connectivity index is 2.36. The number of halogens is 2. The third-order valence-corrected chi connectivity index (χ3v) is 3.15. The minimum Gasteiger partial charge on any atom is -0.319 e. The van der Waals surface area contributed by atoms with Gasteiger partial charge in [0.1, 0.15) is 0 Å². The Morgan fingerprint density at radius 2 is 1.70 bits per heavy atom. The number of carbonyl (C=O) groups is 1. The average molecular weight is 307 g/mol. The lowest BCUT2D eigenvalue weighted by Gasteiger charge is -2.10. The number of aliphatic imine (C=N–C) groups is 1. The zero-order valence-electron chi connectivity index (χ0n) is 10.1. The molecule has 1 amide bonds. The first-order valence-corrected chi connectivity index (χ1v) is 6.31. The summed E-state index contributed by atoms with van der Waals surface area (Å²) in [6, 6.07) is 11.3. The van der Waals surface area contributed by atoms with Crippen LogP contribution in [0.5, 0.6) is 0 Å². The Hall–Kier alpha value is -2.13. The molecule has 0 saturated heterocycles. The SMILES string of the molecule is O=C=Nc1ccccc1C(=O)Nc1c(Cl)cccc1Cl. The van der Waals surface area contributed by atoms with Crippen LogP contribution in [0.1, 0.15) is 10.4 Å². The molecule has 2 aromatic rings. The van der Waals surface area contributed by atoms with Crippen LogP contribution >= 0.6 is 23.2 Å². The van der Waals surface area contributed by atoms with E-state index in [2.05, 4.69) is 10.3 Å². The normalized spacial score (nSPS) is 9.70. The fourth-order valence-corrected chi connectivity index (χ4v) is 2.10. The molecule has 0 aliphatic heterocycles. The van der Waals surface area contributed by atoms with Gasteiger partial charge in [0.25, 0.3) is 5.91 Å². The summed E-state index contributed by atoms with van der Waals surface area (Å²) >= 11 is 12.0. The van der Waals surface area contributed by atoms with Gasteiger partial charge in [-0.05, 0) is 24.3 Å². The summed E-state index contributed by atoms with van der Waals surface area (Å²) in [5, 5.41) is 3.24. The van der Waals surface area contributed by atoms with E-state index < -0.39 is 5.91 Å². The van der Waals surface area contributed by atoms with Crippen molar-refractivity contribution in [2.24, 2.45) is 4.99 Å². The van der Waals surface area contributed by atoms with Gasteiger partial charge in [0.15, 0.2) is 0 Å². The summed E-state index contributed by atoms with van der Waals surface area (Å²) in [6.45, 7) is 0. The molecule has 6 heteroatoms. The lowest BCUT2D eigenvalue weighted by molar-refractivity contribution is 0.102. The molecule has 0 heterocycles. The monoisotopic (exact) mass is 306 g/mol. The molecular weight excluding hydrogens is 299 g/mol. The van der Waals surface area contributed by atoms with E-state index in [4.69, 9.17) is 23.2 Å². The molecule has 0 atom stereocenters. The van der Waals surface area contributed by atoms with E-state index in [0.29, 0.717) is 15.7 Å². The predicted molar refractivity (Wildman–Crippen MR) is 78.6 cm³/mol. The van der Waals surface area contributed by atoms with Crippen molar-refractivity contribution in [3.8, 4) is 0 Å². The van der Waals surface area contributed by atoms with Crippen LogP contribution in [0.25, 0.3) is 0 Å². The second-order valence-corrected chi connectivity index (χ2v) is 4.59. The second-order valence-electron chi connectivity index (χ2n) is 3.77. The summed E-state index contributed by atoms with van der Waals surface area (Å²) in [5.74, 6) is -0.463. The van der Waals surface area contributed by atoms with Crippen LogP contribution in [-0.4, -0.2) is 12.0 Å². The number of amides is 1. The summed E-state index contributed by atoms with van der Waals surface area (Å²) in [5.41, 5.74) is 0.765. The molecule has 20 heavy (non-hydrogen) atoms. The van der Waals surface area contributed by atoms with E-state index >= 15 is 0 Å². The van der Waals surface area contributed by atoms with Crippen molar-refractivity contribution in [3.63, 3.8) is 0 Å². The molecule has 2 aromatic carbocycles. The average Bonchev–Trinajstić information content (AvgIpc) is 2.44. The number of hydrogen-bond donors (Lipinski definition) is 1. The van der Waals surface area contributed by atoms with Crippen LogP contribution in [0.2, 0.25) is 10.0 Å². The Labute approximate surface area is 125 Å². The number of rotatable bonds is 3. The molecule has 0 unspecified atom stereocenters. The van der Waals surface area contributed by atoms with Gasteiger partial charge in [0.2, 0.25) is 6.08 Å². The molecule has 0 spiro atoms. The molecule has 2 rings (SSSR count). The molecule has 0 bridgehead atoms. The number of anilines is 1. The van der Waals surface area contributed by atoms with Crippen molar-refractivity contribution in [2.45, 2.75) is 0 Å². The van der Waals surface area contributed by atoms with Gasteiger partial charge in [0.05, 0.1) is 27.0 Å². The fraction of sp³-hybridized carbons (Fsp3) is 0. The van der Waals surface area contributed by atoms with Gasteiger partial charge in [-0.1, -0.05) is 41.4 Å². The number of isocyanates is 1. The maximum Gasteiger partial charge on any atom is 0.257 e. The Morgan fingerprint density at radius 3 is 2.35 bits per heavy atom. The molecule has 0 fully saturated rings. The Bertz CT molecular complexity index is 690. The zero-order valence-corrected chi connectivity index (χ0v) is 11.6. The van der Waals surface area contributed by atoms with Crippen molar-refractivity contribution < 1.29 is 9.59 Å². The summed E-state index contributed by atoms with van der Waals surface area (Å²) in [7, 11) is 0. The zero-order chi connectivity index (χ0) is 14.5. The first-order chi connectivity index (χ1) is 9.63. The topological polar surface area (TPSA) is 58.5 Å². The first-order valence-electron chi connectivity index (χ1n) is 5.55. The van der Waals surface area contributed by atoms with E-state index in [0.717, 1.165) is 0 Å². The molecule has 1 N–H and O–H groups in total. The molecule has 0 aromatic heterocycles. The quantitative estimate of drug-likeness (QED) is 0.682. The highest BCUT2D eigenvalue weighted by Gasteiger charge is 2.14. The highest BCUT2D eigenvalue weighted by atomic mass is 35.5. The summed E-state index contributed by atoms with van der Waals surface area (Å²) in [6.07, 6.45) is 1.41. The van der Waals surface area contributed by atoms with Gasteiger partial charge < -0.3 is 5.32 Å². The molecule has 100 valence electrons. The summed E-state index contributed by atoms with van der Waals surface area (Å²) in [4.78, 5) is 26.0. The van der Waals surface area contributed by atoms with Crippen molar-refractivity contribution in [1.29, 1.82) is 0 Å². The molecule has 0 radical (unpaired) electrons. The van der Waals surface area contributed by atoms with Gasteiger partial charge in [-0.15, -0.1) is 0 Å². The number of hydrogen-bond acceptors (Lipinski definition) is 3.